The molecular formula is C22H18BrClF4N2O3. The zero-order valence-corrected chi connectivity index (χ0v) is 19.2. The van der Waals surface area contributed by atoms with Gasteiger partial charge in [-0.05, 0) is 49.6 Å². The Labute approximate surface area is 199 Å². The van der Waals surface area contributed by atoms with Gasteiger partial charge in [0.25, 0.3) is 5.91 Å². The van der Waals surface area contributed by atoms with Gasteiger partial charge in [-0.25, -0.2) is 4.39 Å². The molecule has 1 aliphatic carbocycles. The van der Waals surface area contributed by atoms with Crippen LogP contribution in [0.5, 0.6) is 0 Å². The van der Waals surface area contributed by atoms with E-state index in [0.29, 0.717) is 10.0 Å². The summed E-state index contributed by atoms with van der Waals surface area (Å²) < 4.78 is 54.0. The third-order valence-electron chi connectivity index (χ3n) is 6.00. The number of carbonyl (C=O) groups is 2. The molecule has 11 heteroatoms. The topological polar surface area (TPSA) is 78.4 Å². The van der Waals surface area contributed by atoms with E-state index in [9.17, 15) is 32.3 Å². The zero-order chi connectivity index (χ0) is 24.1. The molecule has 0 saturated heterocycles. The second kappa shape index (κ2) is 8.88. The molecule has 0 aromatic heterocycles. The highest BCUT2D eigenvalue weighted by Crippen LogP contribution is 2.43. The Kier molecular flexibility index (Phi) is 6.45. The van der Waals surface area contributed by atoms with Crippen molar-refractivity contribution in [3.05, 3.63) is 62.3 Å². The van der Waals surface area contributed by atoms with Crippen molar-refractivity contribution in [2.75, 3.05) is 5.32 Å². The Balaban J connectivity index is 1.68. The number of halogens is 6. The number of benzene rings is 2. The van der Waals surface area contributed by atoms with Crippen molar-refractivity contribution in [3.63, 3.8) is 0 Å². The number of fused-ring (bicyclic) bond motifs is 1. The summed E-state index contributed by atoms with van der Waals surface area (Å²) >= 11 is 9.50. The average Bonchev–Trinajstić information content (AvgIpc) is 3.05. The van der Waals surface area contributed by atoms with Crippen LogP contribution in [0.3, 0.4) is 0 Å². The number of hydrogen-bond acceptors (Lipinski definition) is 3. The molecule has 2 aliphatic rings. The Morgan fingerprint density at radius 1 is 1.18 bits per heavy atom. The molecule has 4 atom stereocenters. The number of alkyl halides is 3. The van der Waals surface area contributed by atoms with Gasteiger partial charge in [0.15, 0.2) is 0 Å². The number of hydrogen-bond donors (Lipinski definition) is 3. The first-order chi connectivity index (χ1) is 15.4. The van der Waals surface area contributed by atoms with E-state index < -0.39 is 60.6 Å². The van der Waals surface area contributed by atoms with Gasteiger partial charge >= 0.3 is 6.18 Å². The Bertz CT molecular complexity index is 1130. The van der Waals surface area contributed by atoms with Crippen molar-refractivity contribution in [1.29, 1.82) is 0 Å². The van der Waals surface area contributed by atoms with E-state index >= 15 is 0 Å². The summed E-state index contributed by atoms with van der Waals surface area (Å²) in [7, 11) is 0. The molecule has 1 heterocycles. The molecular weight excluding hydrogens is 532 g/mol. The van der Waals surface area contributed by atoms with E-state index in [2.05, 4.69) is 26.6 Å². The molecule has 5 nitrogen and oxygen atoms in total. The lowest BCUT2D eigenvalue weighted by Crippen LogP contribution is -2.39. The highest BCUT2D eigenvalue weighted by Gasteiger charge is 2.46. The Hall–Kier alpha value is -2.17. The molecule has 4 rings (SSSR count). The summed E-state index contributed by atoms with van der Waals surface area (Å²) in [5, 5.41) is 15.4. The maximum Gasteiger partial charge on any atom is 0.391 e. The van der Waals surface area contributed by atoms with Gasteiger partial charge in [-0.1, -0.05) is 27.5 Å². The van der Waals surface area contributed by atoms with Gasteiger partial charge < -0.3 is 15.7 Å². The molecule has 3 N–H and O–H groups in total. The SMILES string of the molecule is O=C1NC(c2cc(F)ccc2Cl)c2c(NC(=O)[C@H]3C[C@@H](O)C[C@@H](C(F)(F)F)C3)cc(Br)cc21. The van der Waals surface area contributed by atoms with Crippen LogP contribution in [-0.4, -0.2) is 29.2 Å². The fourth-order valence-corrected chi connectivity index (χ4v) is 5.16. The van der Waals surface area contributed by atoms with Crippen LogP contribution in [0.2, 0.25) is 5.02 Å². The number of anilines is 1. The van der Waals surface area contributed by atoms with Crippen LogP contribution in [-0.2, 0) is 4.79 Å². The lowest BCUT2D eigenvalue weighted by atomic mass is 9.79. The summed E-state index contributed by atoms with van der Waals surface area (Å²) in [6.07, 6.45) is -6.77. The van der Waals surface area contributed by atoms with Crippen molar-refractivity contribution in [3.8, 4) is 0 Å². The minimum Gasteiger partial charge on any atom is -0.393 e. The Morgan fingerprint density at radius 2 is 1.91 bits per heavy atom. The van der Waals surface area contributed by atoms with Crippen LogP contribution in [0.4, 0.5) is 23.2 Å². The number of nitrogens with one attached hydrogen (secondary N) is 2. The fourth-order valence-electron chi connectivity index (χ4n) is 4.48. The molecule has 0 spiro atoms. The largest absolute Gasteiger partial charge is 0.393 e. The number of carbonyl (C=O) groups excluding carboxylic acids is 2. The highest BCUT2D eigenvalue weighted by molar-refractivity contribution is 9.10. The van der Waals surface area contributed by atoms with Crippen molar-refractivity contribution < 1.29 is 32.3 Å². The quantitative estimate of drug-likeness (QED) is 0.452. The lowest BCUT2D eigenvalue weighted by molar-refractivity contribution is -0.194. The third kappa shape index (κ3) is 4.88. The lowest BCUT2D eigenvalue weighted by Gasteiger charge is -2.33. The maximum atomic E-state index is 13.9. The number of amides is 2. The summed E-state index contributed by atoms with van der Waals surface area (Å²) in [5.41, 5.74) is 0.984. The monoisotopic (exact) mass is 548 g/mol. The van der Waals surface area contributed by atoms with E-state index in [0.717, 1.165) is 0 Å². The van der Waals surface area contributed by atoms with Crippen LogP contribution in [0, 0.1) is 17.7 Å². The molecule has 1 aliphatic heterocycles. The molecule has 176 valence electrons. The van der Waals surface area contributed by atoms with Crippen molar-refractivity contribution >= 4 is 45.0 Å². The number of aliphatic hydroxyl groups excluding tert-OH is 1. The average molecular weight is 550 g/mol. The van der Waals surface area contributed by atoms with E-state index in [1.807, 2.05) is 0 Å². The van der Waals surface area contributed by atoms with Gasteiger partial charge in [0.2, 0.25) is 5.91 Å². The molecule has 0 bridgehead atoms. The third-order valence-corrected chi connectivity index (χ3v) is 6.80. The van der Waals surface area contributed by atoms with Crippen LogP contribution >= 0.6 is 27.5 Å². The molecule has 1 saturated carbocycles. The number of rotatable bonds is 3. The van der Waals surface area contributed by atoms with Crippen molar-refractivity contribution in [2.45, 2.75) is 37.6 Å². The molecule has 1 fully saturated rings. The highest BCUT2D eigenvalue weighted by atomic mass is 79.9. The van der Waals surface area contributed by atoms with Crippen molar-refractivity contribution in [1.82, 2.24) is 5.32 Å². The van der Waals surface area contributed by atoms with Gasteiger partial charge in [0.05, 0.1) is 18.1 Å². The van der Waals surface area contributed by atoms with E-state index in [4.69, 9.17) is 11.6 Å². The van der Waals surface area contributed by atoms with Gasteiger partial charge in [0.1, 0.15) is 5.82 Å². The van der Waals surface area contributed by atoms with Crippen LogP contribution < -0.4 is 10.6 Å². The summed E-state index contributed by atoms with van der Waals surface area (Å²) in [6.45, 7) is 0. The second-order valence-corrected chi connectivity index (χ2v) is 9.60. The first kappa shape index (κ1) is 24.0. The van der Waals surface area contributed by atoms with Gasteiger partial charge in [-0.15, -0.1) is 0 Å². The Morgan fingerprint density at radius 3 is 2.61 bits per heavy atom. The van der Waals surface area contributed by atoms with Gasteiger partial charge in [-0.2, -0.15) is 13.2 Å². The van der Waals surface area contributed by atoms with Crippen LogP contribution in [0.15, 0.2) is 34.8 Å². The summed E-state index contributed by atoms with van der Waals surface area (Å²) in [6, 6.07) is 5.84. The standard InChI is InChI=1S/C22H18BrClF4N2O3/c23-11-6-15-18(19(30-21(15)33)14-8-12(25)1-2-16(14)24)17(7-11)29-20(32)9-3-10(22(26,27)28)5-13(31)4-9/h1-2,6-10,13,19,31H,3-5H2,(H,29,32)(H,30,33)/t9-,10+,13-,19?/m1/s1. The predicted molar refractivity (Wildman–Crippen MR) is 116 cm³/mol. The fraction of sp³-hybridized carbons (Fsp3) is 0.364. The van der Waals surface area contributed by atoms with E-state index in [1.54, 1.807) is 0 Å². The molecule has 1 unspecified atom stereocenters. The van der Waals surface area contributed by atoms with E-state index in [1.165, 1.54) is 30.3 Å². The van der Waals surface area contributed by atoms with Crippen LogP contribution in [0.1, 0.15) is 46.8 Å². The van der Waals surface area contributed by atoms with E-state index in [-0.39, 0.29) is 28.3 Å². The first-order valence-corrected chi connectivity index (χ1v) is 11.3. The molecule has 2 aromatic rings. The summed E-state index contributed by atoms with van der Waals surface area (Å²) in [4.78, 5) is 25.5. The second-order valence-electron chi connectivity index (χ2n) is 8.27. The minimum absolute atomic E-state index is 0.106. The molecule has 2 amide bonds. The zero-order valence-electron chi connectivity index (χ0n) is 16.8. The maximum absolute atomic E-state index is 13.9. The first-order valence-electron chi connectivity index (χ1n) is 10.1. The molecule has 0 radical (unpaired) electrons. The normalized spacial score (nSPS) is 24.9. The van der Waals surface area contributed by atoms with Gasteiger partial charge in [-0.3, -0.25) is 9.59 Å². The summed E-state index contributed by atoms with van der Waals surface area (Å²) in [5.74, 6) is -4.61. The van der Waals surface area contributed by atoms with Crippen LogP contribution in [0.25, 0.3) is 0 Å². The smallest absolute Gasteiger partial charge is 0.391 e. The van der Waals surface area contributed by atoms with Gasteiger partial charge in [0, 0.05) is 37.8 Å². The predicted octanol–water partition coefficient (Wildman–Crippen LogP) is 5.35. The minimum atomic E-state index is -4.52. The van der Waals surface area contributed by atoms with Crippen molar-refractivity contribution in [2.24, 2.45) is 11.8 Å². The number of aliphatic hydroxyl groups is 1. The molecule has 33 heavy (non-hydrogen) atoms. The molecule has 2 aromatic carbocycles.